The number of aliphatic hydroxyl groups is 1. The van der Waals surface area contributed by atoms with Crippen LogP contribution in [0.2, 0.25) is 0 Å². The summed E-state index contributed by atoms with van der Waals surface area (Å²) in [6.07, 6.45) is 1.00. The fourth-order valence-corrected chi connectivity index (χ4v) is 1.21. The zero-order chi connectivity index (χ0) is 11.0. The third-order valence-electron chi connectivity index (χ3n) is 1.77. The maximum absolute atomic E-state index is 10.8. The first-order valence-electron chi connectivity index (χ1n) is 4.90. The van der Waals surface area contributed by atoms with Crippen molar-refractivity contribution in [1.29, 1.82) is 0 Å². The van der Waals surface area contributed by atoms with Crippen molar-refractivity contribution in [2.75, 3.05) is 19.8 Å². The van der Waals surface area contributed by atoms with Crippen molar-refractivity contribution in [3.8, 4) is 0 Å². The first-order chi connectivity index (χ1) is 6.67. The number of aliphatic hydroxyl groups excluding tert-OH is 1. The highest BCUT2D eigenvalue weighted by atomic mass is 16.7. The standard InChI is InChI=1S/C9H19NO4/c1-3-6-10(14-4-2)8(5-7-11)9(12)13/h8,11H,3-7H2,1-2H3,(H,12,13)/t8-/m0/s1. The van der Waals surface area contributed by atoms with Crippen LogP contribution in [0, 0.1) is 0 Å². The van der Waals surface area contributed by atoms with Gasteiger partial charge >= 0.3 is 5.97 Å². The van der Waals surface area contributed by atoms with E-state index in [1.54, 1.807) is 6.92 Å². The second-order valence-corrected chi connectivity index (χ2v) is 2.92. The Balaban J connectivity index is 4.29. The van der Waals surface area contributed by atoms with Crippen molar-refractivity contribution in [2.24, 2.45) is 0 Å². The maximum atomic E-state index is 10.8. The molecule has 0 aliphatic rings. The molecule has 0 spiro atoms. The van der Waals surface area contributed by atoms with Gasteiger partial charge in [0.1, 0.15) is 6.04 Å². The molecule has 2 N–H and O–H groups in total. The molecule has 0 aliphatic heterocycles. The topological polar surface area (TPSA) is 70.0 Å². The lowest BCUT2D eigenvalue weighted by molar-refractivity contribution is -0.198. The lowest BCUT2D eigenvalue weighted by Crippen LogP contribution is -2.42. The predicted molar refractivity (Wildman–Crippen MR) is 51.7 cm³/mol. The molecule has 0 aromatic heterocycles. The minimum Gasteiger partial charge on any atom is -0.480 e. The van der Waals surface area contributed by atoms with Gasteiger partial charge in [-0.1, -0.05) is 6.92 Å². The Morgan fingerprint density at radius 2 is 2.14 bits per heavy atom. The van der Waals surface area contributed by atoms with Gasteiger partial charge in [0, 0.05) is 13.2 Å². The summed E-state index contributed by atoms with van der Waals surface area (Å²) in [6.45, 7) is 4.61. The van der Waals surface area contributed by atoms with Crippen molar-refractivity contribution in [3.63, 3.8) is 0 Å². The van der Waals surface area contributed by atoms with Gasteiger partial charge in [-0.3, -0.25) is 9.63 Å². The van der Waals surface area contributed by atoms with Gasteiger partial charge in [-0.2, -0.15) is 5.06 Å². The average molecular weight is 205 g/mol. The molecular weight excluding hydrogens is 186 g/mol. The summed E-state index contributed by atoms with van der Waals surface area (Å²) in [6, 6.07) is -0.750. The molecule has 0 saturated heterocycles. The third kappa shape index (κ3) is 4.55. The van der Waals surface area contributed by atoms with E-state index in [4.69, 9.17) is 15.1 Å². The number of rotatable bonds is 8. The van der Waals surface area contributed by atoms with E-state index in [2.05, 4.69) is 0 Å². The van der Waals surface area contributed by atoms with Gasteiger partial charge < -0.3 is 10.2 Å². The summed E-state index contributed by atoms with van der Waals surface area (Å²) < 4.78 is 0. The molecule has 0 saturated carbocycles. The number of carbonyl (C=O) groups is 1. The second-order valence-electron chi connectivity index (χ2n) is 2.92. The minimum atomic E-state index is -0.957. The number of aliphatic carboxylic acids is 1. The van der Waals surface area contributed by atoms with Crippen LogP contribution in [-0.2, 0) is 9.63 Å². The van der Waals surface area contributed by atoms with E-state index in [0.717, 1.165) is 6.42 Å². The SMILES string of the molecule is CCCN(OCC)[C@@H](CCO)C(=O)O. The number of hydrogen-bond acceptors (Lipinski definition) is 4. The van der Waals surface area contributed by atoms with Gasteiger partial charge in [0.2, 0.25) is 0 Å². The fourth-order valence-electron chi connectivity index (χ4n) is 1.21. The van der Waals surface area contributed by atoms with Crippen LogP contribution in [0.15, 0.2) is 0 Å². The van der Waals surface area contributed by atoms with Crippen LogP contribution in [0.1, 0.15) is 26.7 Å². The summed E-state index contributed by atoms with van der Waals surface area (Å²) in [4.78, 5) is 16.0. The smallest absolute Gasteiger partial charge is 0.323 e. The molecule has 14 heavy (non-hydrogen) atoms. The van der Waals surface area contributed by atoms with E-state index in [0.29, 0.717) is 13.2 Å². The maximum Gasteiger partial charge on any atom is 0.323 e. The Morgan fingerprint density at radius 3 is 2.50 bits per heavy atom. The monoisotopic (exact) mass is 205 g/mol. The molecule has 0 radical (unpaired) electrons. The average Bonchev–Trinajstić information content (AvgIpc) is 2.13. The second kappa shape index (κ2) is 7.73. The van der Waals surface area contributed by atoms with Crippen LogP contribution in [0.5, 0.6) is 0 Å². The first-order valence-corrected chi connectivity index (χ1v) is 4.90. The summed E-state index contributed by atoms with van der Waals surface area (Å²) in [5.74, 6) is -0.957. The van der Waals surface area contributed by atoms with E-state index < -0.39 is 12.0 Å². The van der Waals surface area contributed by atoms with Gasteiger partial charge in [0.15, 0.2) is 0 Å². The molecule has 0 amide bonds. The lowest BCUT2D eigenvalue weighted by Gasteiger charge is -2.26. The molecule has 1 atom stereocenters. The normalized spacial score (nSPS) is 13.1. The van der Waals surface area contributed by atoms with Crippen LogP contribution in [-0.4, -0.2) is 47.0 Å². The van der Waals surface area contributed by atoms with Crippen LogP contribution in [0.25, 0.3) is 0 Å². The molecule has 0 unspecified atom stereocenters. The largest absolute Gasteiger partial charge is 0.480 e. The predicted octanol–water partition coefficient (Wildman–Crippen LogP) is 0.485. The van der Waals surface area contributed by atoms with Gasteiger partial charge in [-0.05, 0) is 19.8 Å². The van der Waals surface area contributed by atoms with Gasteiger partial charge in [-0.25, -0.2) is 0 Å². The highest BCUT2D eigenvalue weighted by Crippen LogP contribution is 2.06. The Hall–Kier alpha value is -0.650. The lowest BCUT2D eigenvalue weighted by atomic mass is 10.2. The van der Waals surface area contributed by atoms with Crippen LogP contribution < -0.4 is 0 Å². The highest BCUT2D eigenvalue weighted by Gasteiger charge is 2.24. The van der Waals surface area contributed by atoms with Crippen molar-refractivity contribution in [1.82, 2.24) is 5.06 Å². The molecule has 5 nitrogen and oxygen atoms in total. The molecule has 84 valence electrons. The molecule has 0 rings (SSSR count). The molecule has 0 fully saturated rings. The third-order valence-corrected chi connectivity index (χ3v) is 1.77. The van der Waals surface area contributed by atoms with Crippen LogP contribution in [0.3, 0.4) is 0 Å². The molecule has 0 bridgehead atoms. The molecule has 0 aromatic rings. The Labute approximate surface area is 84.2 Å². The Morgan fingerprint density at radius 1 is 1.50 bits per heavy atom. The highest BCUT2D eigenvalue weighted by molar-refractivity contribution is 5.73. The van der Waals surface area contributed by atoms with Gasteiger partial charge in [0.05, 0.1) is 6.61 Å². The summed E-state index contributed by atoms with van der Waals surface area (Å²) in [5.41, 5.74) is 0. The summed E-state index contributed by atoms with van der Waals surface area (Å²) in [5, 5.41) is 19.0. The first kappa shape index (κ1) is 13.4. The van der Waals surface area contributed by atoms with Crippen LogP contribution >= 0.6 is 0 Å². The zero-order valence-corrected chi connectivity index (χ0v) is 8.77. The summed E-state index contributed by atoms with van der Waals surface area (Å²) in [7, 11) is 0. The van der Waals surface area contributed by atoms with Gasteiger partial charge in [0.25, 0.3) is 0 Å². The number of carboxylic acid groups (broad SMARTS) is 1. The zero-order valence-electron chi connectivity index (χ0n) is 8.77. The number of hydroxylamine groups is 2. The molecule has 0 aromatic carbocycles. The minimum absolute atomic E-state index is 0.149. The number of hydrogen-bond donors (Lipinski definition) is 2. The quantitative estimate of drug-likeness (QED) is 0.564. The fraction of sp³-hybridized carbons (Fsp3) is 0.889. The Kier molecular flexibility index (Phi) is 7.37. The molecule has 0 heterocycles. The Bertz CT molecular complexity index is 157. The van der Waals surface area contributed by atoms with E-state index in [1.807, 2.05) is 6.92 Å². The van der Waals surface area contributed by atoms with Crippen molar-refractivity contribution >= 4 is 5.97 Å². The number of nitrogens with zero attached hydrogens (tertiary/aromatic N) is 1. The van der Waals surface area contributed by atoms with Crippen molar-refractivity contribution < 1.29 is 19.8 Å². The number of carboxylic acids is 1. The summed E-state index contributed by atoms with van der Waals surface area (Å²) >= 11 is 0. The molecule has 5 heteroatoms. The molecular formula is C9H19NO4. The van der Waals surface area contributed by atoms with Crippen LogP contribution in [0.4, 0.5) is 0 Å². The van der Waals surface area contributed by atoms with Crippen molar-refractivity contribution in [3.05, 3.63) is 0 Å². The van der Waals surface area contributed by atoms with E-state index in [1.165, 1.54) is 5.06 Å². The van der Waals surface area contributed by atoms with E-state index in [-0.39, 0.29) is 13.0 Å². The van der Waals surface area contributed by atoms with E-state index in [9.17, 15) is 4.79 Å². The van der Waals surface area contributed by atoms with Gasteiger partial charge in [-0.15, -0.1) is 0 Å². The molecule has 0 aliphatic carbocycles. The van der Waals surface area contributed by atoms with E-state index >= 15 is 0 Å². The van der Waals surface area contributed by atoms with Crippen molar-refractivity contribution in [2.45, 2.75) is 32.7 Å².